The number of methoxy groups -OCH3 is 1. The molecule has 3 heteroatoms. The molecule has 2 rings (SSSR count). The fraction of sp³-hybridized carbons (Fsp3) is 0.625. The minimum absolute atomic E-state index is 0.126. The molecule has 0 spiro atoms. The minimum atomic E-state index is -0.126. The summed E-state index contributed by atoms with van der Waals surface area (Å²) in [6.07, 6.45) is 3.11. The van der Waals surface area contributed by atoms with Crippen LogP contribution in [-0.4, -0.2) is 24.9 Å². The van der Waals surface area contributed by atoms with E-state index >= 15 is 0 Å². The molecule has 1 aliphatic rings. The van der Waals surface area contributed by atoms with Gasteiger partial charge in [0.1, 0.15) is 5.75 Å². The standard InChI is InChI=1S/C16H25NO2/c1-11-7-8-16(19-3)14(9-11)12(2)17-10-13-5-4-6-15(13)18/h7-9,12-13,15,17-18H,4-6,10H2,1-3H3. The number of ether oxygens (including phenoxy) is 1. The first-order valence-corrected chi connectivity index (χ1v) is 7.17. The molecule has 2 N–H and O–H groups in total. The van der Waals surface area contributed by atoms with Gasteiger partial charge in [0.15, 0.2) is 0 Å². The van der Waals surface area contributed by atoms with E-state index in [9.17, 15) is 5.11 Å². The first-order valence-electron chi connectivity index (χ1n) is 7.17. The summed E-state index contributed by atoms with van der Waals surface area (Å²) in [6.45, 7) is 5.12. The van der Waals surface area contributed by atoms with Gasteiger partial charge in [-0.15, -0.1) is 0 Å². The SMILES string of the molecule is COc1ccc(C)cc1C(C)NCC1CCCC1O. The Kier molecular flexibility index (Phi) is 4.83. The molecule has 1 aromatic rings. The van der Waals surface area contributed by atoms with Crippen molar-refractivity contribution in [1.82, 2.24) is 5.32 Å². The third-order valence-corrected chi connectivity index (χ3v) is 4.16. The van der Waals surface area contributed by atoms with Gasteiger partial charge in [-0.25, -0.2) is 0 Å². The highest BCUT2D eigenvalue weighted by molar-refractivity contribution is 5.38. The largest absolute Gasteiger partial charge is 0.496 e. The molecule has 1 aliphatic carbocycles. The van der Waals surface area contributed by atoms with Gasteiger partial charge in [-0.3, -0.25) is 0 Å². The molecule has 3 nitrogen and oxygen atoms in total. The van der Waals surface area contributed by atoms with Crippen LogP contribution >= 0.6 is 0 Å². The fourth-order valence-corrected chi connectivity index (χ4v) is 2.89. The van der Waals surface area contributed by atoms with Gasteiger partial charge >= 0.3 is 0 Å². The summed E-state index contributed by atoms with van der Waals surface area (Å²) in [5.74, 6) is 1.33. The minimum Gasteiger partial charge on any atom is -0.496 e. The van der Waals surface area contributed by atoms with Crippen LogP contribution < -0.4 is 10.1 Å². The maximum atomic E-state index is 9.85. The number of hydrogen-bond acceptors (Lipinski definition) is 3. The zero-order chi connectivity index (χ0) is 13.8. The van der Waals surface area contributed by atoms with Crippen molar-refractivity contribution in [3.63, 3.8) is 0 Å². The molecule has 0 saturated heterocycles. The molecule has 3 unspecified atom stereocenters. The highest BCUT2D eigenvalue weighted by Crippen LogP contribution is 2.28. The summed E-state index contributed by atoms with van der Waals surface area (Å²) in [6, 6.07) is 6.49. The maximum Gasteiger partial charge on any atom is 0.123 e. The van der Waals surface area contributed by atoms with Crippen molar-refractivity contribution in [2.75, 3.05) is 13.7 Å². The third kappa shape index (κ3) is 3.48. The van der Waals surface area contributed by atoms with Gasteiger partial charge in [0.05, 0.1) is 13.2 Å². The van der Waals surface area contributed by atoms with Gasteiger partial charge in [-0.2, -0.15) is 0 Å². The Bertz CT molecular complexity index is 419. The molecule has 0 radical (unpaired) electrons. The van der Waals surface area contributed by atoms with E-state index in [1.807, 2.05) is 6.07 Å². The van der Waals surface area contributed by atoms with E-state index in [-0.39, 0.29) is 12.1 Å². The predicted octanol–water partition coefficient (Wildman–Crippen LogP) is 2.82. The number of aliphatic hydroxyl groups is 1. The van der Waals surface area contributed by atoms with Crippen molar-refractivity contribution in [3.05, 3.63) is 29.3 Å². The summed E-state index contributed by atoms with van der Waals surface area (Å²) < 4.78 is 5.43. The zero-order valence-corrected chi connectivity index (χ0v) is 12.1. The topological polar surface area (TPSA) is 41.5 Å². The molecule has 0 aromatic heterocycles. The molecule has 106 valence electrons. The highest BCUT2D eigenvalue weighted by Gasteiger charge is 2.25. The van der Waals surface area contributed by atoms with Gasteiger partial charge in [-0.1, -0.05) is 24.1 Å². The summed E-state index contributed by atoms with van der Waals surface area (Å²) in [5.41, 5.74) is 2.43. The van der Waals surface area contributed by atoms with Crippen molar-refractivity contribution in [3.8, 4) is 5.75 Å². The smallest absolute Gasteiger partial charge is 0.123 e. The lowest BCUT2D eigenvalue weighted by Crippen LogP contribution is -2.30. The number of aliphatic hydroxyl groups excluding tert-OH is 1. The molecule has 0 amide bonds. The van der Waals surface area contributed by atoms with Crippen LogP contribution in [-0.2, 0) is 0 Å². The molecule has 0 bridgehead atoms. The number of nitrogens with one attached hydrogen (secondary N) is 1. The molecule has 0 heterocycles. The molecule has 19 heavy (non-hydrogen) atoms. The van der Waals surface area contributed by atoms with Crippen molar-refractivity contribution >= 4 is 0 Å². The van der Waals surface area contributed by atoms with Gasteiger partial charge in [0.25, 0.3) is 0 Å². The highest BCUT2D eigenvalue weighted by atomic mass is 16.5. The zero-order valence-electron chi connectivity index (χ0n) is 12.1. The first kappa shape index (κ1) is 14.4. The van der Waals surface area contributed by atoms with Crippen molar-refractivity contribution < 1.29 is 9.84 Å². The predicted molar refractivity (Wildman–Crippen MR) is 77.5 cm³/mol. The Labute approximate surface area is 116 Å². The van der Waals surface area contributed by atoms with Crippen molar-refractivity contribution in [2.24, 2.45) is 5.92 Å². The van der Waals surface area contributed by atoms with E-state index in [1.165, 1.54) is 11.1 Å². The van der Waals surface area contributed by atoms with Gasteiger partial charge in [-0.05, 0) is 38.7 Å². The average molecular weight is 263 g/mol. The molecular formula is C16H25NO2. The average Bonchev–Trinajstić information content (AvgIpc) is 2.81. The number of benzene rings is 1. The number of hydrogen-bond donors (Lipinski definition) is 2. The van der Waals surface area contributed by atoms with Gasteiger partial charge < -0.3 is 15.2 Å². The summed E-state index contributed by atoms with van der Waals surface area (Å²) >= 11 is 0. The summed E-state index contributed by atoms with van der Waals surface area (Å²) in [4.78, 5) is 0. The third-order valence-electron chi connectivity index (χ3n) is 4.16. The van der Waals surface area contributed by atoms with E-state index in [0.717, 1.165) is 31.6 Å². The van der Waals surface area contributed by atoms with E-state index in [4.69, 9.17) is 4.74 Å². The van der Waals surface area contributed by atoms with Crippen LogP contribution in [0, 0.1) is 12.8 Å². The Morgan fingerprint density at radius 2 is 2.21 bits per heavy atom. The van der Waals surface area contributed by atoms with Crippen LogP contribution in [0.15, 0.2) is 18.2 Å². The lowest BCUT2D eigenvalue weighted by atomic mass is 10.0. The lowest BCUT2D eigenvalue weighted by Gasteiger charge is -2.21. The van der Waals surface area contributed by atoms with Crippen LogP contribution in [0.5, 0.6) is 5.75 Å². The summed E-state index contributed by atoms with van der Waals surface area (Å²) in [5, 5.41) is 13.4. The second-order valence-corrected chi connectivity index (χ2v) is 5.63. The quantitative estimate of drug-likeness (QED) is 0.858. The maximum absolute atomic E-state index is 9.85. The second kappa shape index (κ2) is 6.40. The Hall–Kier alpha value is -1.06. The number of aryl methyl sites for hydroxylation is 1. The molecule has 1 aromatic carbocycles. The molecule has 3 atom stereocenters. The van der Waals surface area contributed by atoms with Crippen molar-refractivity contribution in [2.45, 2.75) is 45.3 Å². The van der Waals surface area contributed by atoms with E-state index < -0.39 is 0 Å². The number of rotatable bonds is 5. The lowest BCUT2D eigenvalue weighted by molar-refractivity contribution is 0.130. The van der Waals surface area contributed by atoms with E-state index in [1.54, 1.807) is 7.11 Å². The van der Waals surface area contributed by atoms with E-state index in [2.05, 4.69) is 31.3 Å². The van der Waals surface area contributed by atoms with Gasteiger partial charge in [0.2, 0.25) is 0 Å². The first-order chi connectivity index (χ1) is 9.11. The fourth-order valence-electron chi connectivity index (χ4n) is 2.89. The summed E-state index contributed by atoms with van der Waals surface area (Å²) in [7, 11) is 1.71. The second-order valence-electron chi connectivity index (χ2n) is 5.63. The molecule has 0 aliphatic heterocycles. The Morgan fingerprint density at radius 3 is 2.84 bits per heavy atom. The molecular weight excluding hydrogens is 238 g/mol. The molecule has 1 saturated carbocycles. The van der Waals surface area contributed by atoms with Crippen LogP contribution in [0.1, 0.15) is 43.4 Å². The molecule has 1 fully saturated rings. The van der Waals surface area contributed by atoms with Crippen LogP contribution in [0.25, 0.3) is 0 Å². The van der Waals surface area contributed by atoms with Crippen molar-refractivity contribution in [1.29, 1.82) is 0 Å². The van der Waals surface area contributed by atoms with Crippen LogP contribution in [0.2, 0.25) is 0 Å². The van der Waals surface area contributed by atoms with Crippen LogP contribution in [0.3, 0.4) is 0 Å². The van der Waals surface area contributed by atoms with E-state index in [0.29, 0.717) is 5.92 Å². The normalized spacial score (nSPS) is 24.4. The van der Waals surface area contributed by atoms with Crippen LogP contribution in [0.4, 0.5) is 0 Å². The Balaban J connectivity index is 1.99. The monoisotopic (exact) mass is 263 g/mol. The van der Waals surface area contributed by atoms with Gasteiger partial charge in [0, 0.05) is 18.2 Å². The Morgan fingerprint density at radius 1 is 1.42 bits per heavy atom.